The number of fused-ring (bicyclic) bond motifs is 1. The molecule has 0 radical (unpaired) electrons. The van der Waals surface area contributed by atoms with E-state index in [2.05, 4.69) is 0 Å². The van der Waals surface area contributed by atoms with E-state index in [4.69, 9.17) is 0 Å². The van der Waals surface area contributed by atoms with Gasteiger partial charge in [-0.15, -0.1) is 0 Å². The maximum Gasteiger partial charge on any atom is 0.357 e. The minimum Gasteiger partial charge on any atom is -0.245 e. The average molecular weight is 471 g/mol. The van der Waals surface area contributed by atoms with Gasteiger partial charge < -0.3 is 0 Å². The third-order valence-corrected chi connectivity index (χ3v) is 9.06. The Morgan fingerprint density at radius 2 is 0.969 bits per heavy atom. The molecule has 0 amide bonds. The molecule has 0 unspecified atom stereocenters. The van der Waals surface area contributed by atoms with Crippen molar-refractivity contribution in [1.29, 1.82) is 0 Å². The molecule has 1 aromatic heterocycles. The Balaban J connectivity index is 2.09. The van der Waals surface area contributed by atoms with Crippen LogP contribution in [0.5, 0.6) is 0 Å². The first-order chi connectivity index (χ1) is 15.0. The summed E-state index contributed by atoms with van der Waals surface area (Å²) in [5.41, 5.74) is 1.49. The summed E-state index contributed by atoms with van der Waals surface area (Å²) in [6.07, 6.45) is 0. The van der Waals surface area contributed by atoms with Crippen molar-refractivity contribution in [3.63, 3.8) is 0 Å². The maximum absolute atomic E-state index is 13.5. The standard InChI is InChI=1S/C23H22N2O5S2/c1-15-9-11-21(17(3)13-15)31(27,28)24-19-7-5-6-8-20(19)25(23(24)26)32(29,30)22-12-10-16(2)14-18(22)4/h5-14H,1-4H3. The van der Waals surface area contributed by atoms with Gasteiger partial charge >= 0.3 is 5.69 Å². The van der Waals surface area contributed by atoms with Crippen molar-refractivity contribution in [2.24, 2.45) is 0 Å². The molecule has 166 valence electrons. The van der Waals surface area contributed by atoms with Gasteiger partial charge in [-0.25, -0.2) is 21.6 Å². The first-order valence-electron chi connectivity index (χ1n) is 9.84. The normalized spacial score (nSPS) is 12.4. The van der Waals surface area contributed by atoms with E-state index in [1.54, 1.807) is 50.2 Å². The van der Waals surface area contributed by atoms with Crippen LogP contribution in [0.25, 0.3) is 11.0 Å². The van der Waals surface area contributed by atoms with Crippen molar-refractivity contribution in [3.05, 3.63) is 93.4 Å². The van der Waals surface area contributed by atoms with Gasteiger partial charge in [0.15, 0.2) is 0 Å². The van der Waals surface area contributed by atoms with Crippen LogP contribution in [0.2, 0.25) is 0 Å². The Kier molecular flexibility index (Phi) is 5.14. The summed E-state index contributed by atoms with van der Waals surface area (Å²) in [7, 11) is -8.73. The van der Waals surface area contributed by atoms with Gasteiger partial charge in [-0.05, 0) is 63.1 Å². The number of nitrogens with zero attached hydrogens (tertiary/aromatic N) is 2. The maximum atomic E-state index is 13.5. The highest BCUT2D eigenvalue weighted by atomic mass is 32.2. The molecule has 0 N–H and O–H groups in total. The quantitative estimate of drug-likeness (QED) is 0.455. The second-order valence-electron chi connectivity index (χ2n) is 7.85. The van der Waals surface area contributed by atoms with Crippen LogP contribution in [0.1, 0.15) is 22.3 Å². The van der Waals surface area contributed by atoms with Crippen LogP contribution in [0, 0.1) is 27.7 Å². The Labute approximate surface area is 186 Å². The Bertz CT molecular complexity index is 1540. The van der Waals surface area contributed by atoms with Gasteiger partial charge in [0.1, 0.15) is 0 Å². The molecule has 32 heavy (non-hydrogen) atoms. The van der Waals surface area contributed by atoms with Crippen molar-refractivity contribution >= 4 is 31.1 Å². The molecular formula is C23H22N2O5S2. The van der Waals surface area contributed by atoms with Crippen LogP contribution in [0.15, 0.2) is 75.2 Å². The molecule has 3 aromatic carbocycles. The van der Waals surface area contributed by atoms with Crippen LogP contribution >= 0.6 is 0 Å². The number of benzene rings is 3. The number of aryl methyl sites for hydroxylation is 4. The fourth-order valence-electron chi connectivity index (χ4n) is 3.93. The van der Waals surface area contributed by atoms with Crippen LogP contribution in [0.3, 0.4) is 0 Å². The minimum atomic E-state index is -4.36. The molecule has 9 heteroatoms. The van der Waals surface area contributed by atoms with Gasteiger partial charge in [0, 0.05) is 0 Å². The third-order valence-electron chi connectivity index (χ3n) is 5.36. The van der Waals surface area contributed by atoms with Crippen molar-refractivity contribution in [2.75, 3.05) is 0 Å². The highest BCUT2D eigenvalue weighted by Crippen LogP contribution is 2.26. The minimum absolute atomic E-state index is 0.00850. The number of imidazole rings is 1. The Morgan fingerprint density at radius 1 is 0.594 bits per heavy atom. The molecule has 0 atom stereocenters. The highest BCUT2D eigenvalue weighted by molar-refractivity contribution is 7.91. The monoisotopic (exact) mass is 470 g/mol. The summed E-state index contributed by atoms with van der Waals surface area (Å²) in [6.45, 7) is 6.93. The third kappa shape index (κ3) is 3.28. The van der Waals surface area contributed by atoms with Gasteiger partial charge in [-0.2, -0.15) is 7.94 Å². The smallest absolute Gasteiger partial charge is 0.245 e. The predicted molar refractivity (Wildman–Crippen MR) is 123 cm³/mol. The molecule has 0 aliphatic rings. The molecule has 0 spiro atoms. The van der Waals surface area contributed by atoms with Crippen molar-refractivity contribution in [2.45, 2.75) is 37.5 Å². The molecule has 0 fully saturated rings. The summed E-state index contributed by atoms with van der Waals surface area (Å²) >= 11 is 0. The molecule has 0 bridgehead atoms. The van der Waals surface area contributed by atoms with Crippen molar-refractivity contribution < 1.29 is 16.8 Å². The van der Waals surface area contributed by atoms with Gasteiger partial charge in [0.05, 0.1) is 20.8 Å². The molecular weight excluding hydrogens is 448 g/mol. The molecule has 0 aliphatic heterocycles. The van der Waals surface area contributed by atoms with Gasteiger partial charge in [-0.3, -0.25) is 0 Å². The average Bonchev–Trinajstić information content (AvgIpc) is 3.00. The van der Waals surface area contributed by atoms with Gasteiger partial charge in [0.2, 0.25) is 0 Å². The lowest BCUT2D eigenvalue weighted by Gasteiger charge is -2.10. The van der Waals surface area contributed by atoms with Gasteiger partial charge in [0.25, 0.3) is 20.0 Å². The SMILES string of the molecule is Cc1ccc(S(=O)(=O)n2c(=O)n(S(=O)(=O)c3ccc(C)cc3C)c3ccccc32)c(C)c1. The second-order valence-corrected chi connectivity index (χ2v) is 11.4. The number of rotatable bonds is 4. The second kappa shape index (κ2) is 7.46. The van der Waals surface area contributed by atoms with E-state index in [0.29, 0.717) is 19.1 Å². The van der Waals surface area contributed by atoms with Gasteiger partial charge in [-0.1, -0.05) is 47.5 Å². The lowest BCUT2D eigenvalue weighted by atomic mass is 10.2. The predicted octanol–water partition coefficient (Wildman–Crippen LogP) is 3.51. The number of aromatic nitrogens is 2. The van der Waals surface area contributed by atoms with Crippen LogP contribution in [0.4, 0.5) is 0 Å². The lowest BCUT2D eigenvalue weighted by Crippen LogP contribution is -2.33. The lowest BCUT2D eigenvalue weighted by molar-refractivity contribution is 0.582. The van der Waals surface area contributed by atoms with Crippen LogP contribution in [-0.4, -0.2) is 24.8 Å². The molecule has 7 nitrogen and oxygen atoms in total. The zero-order valence-electron chi connectivity index (χ0n) is 18.0. The molecule has 0 saturated carbocycles. The zero-order valence-corrected chi connectivity index (χ0v) is 19.7. The summed E-state index contributed by atoms with van der Waals surface area (Å²) in [4.78, 5) is 13.3. The van der Waals surface area contributed by atoms with E-state index in [1.165, 1.54) is 24.3 Å². The topological polar surface area (TPSA) is 95.2 Å². The van der Waals surface area contributed by atoms with Crippen LogP contribution in [-0.2, 0) is 20.0 Å². The molecule has 1 heterocycles. The van der Waals surface area contributed by atoms with Crippen LogP contribution < -0.4 is 5.69 Å². The fraction of sp³-hybridized carbons (Fsp3) is 0.174. The molecule has 0 aliphatic carbocycles. The highest BCUT2D eigenvalue weighted by Gasteiger charge is 2.32. The van der Waals surface area contributed by atoms with Crippen molar-refractivity contribution in [3.8, 4) is 0 Å². The summed E-state index contributed by atoms with van der Waals surface area (Å²) in [5.74, 6) is 0. The summed E-state index contributed by atoms with van der Waals surface area (Å²) < 4.78 is 55.3. The molecule has 0 saturated heterocycles. The van der Waals surface area contributed by atoms with E-state index in [1.807, 2.05) is 13.8 Å². The summed E-state index contributed by atoms with van der Waals surface area (Å²) in [5, 5.41) is 0. The Hall–Kier alpha value is -3.17. The molecule has 4 aromatic rings. The number of para-hydroxylation sites is 2. The fourth-order valence-corrected chi connectivity index (χ4v) is 7.19. The summed E-state index contributed by atoms with van der Waals surface area (Å²) in [6, 6.07) is 15.5. The van der Waals surface area contributed by atoms with E-state index >= 15 is 0 Å². The zero-order chi connectivity index (χ0) is 23.4. The molecule has 4 rings (SSSR count). The largest absolute Gasteiger partial charge is 0.357 e. The van der Waals surface area contributed by atoms with E-state index in [9.17, 15) is 21.6 Å². The van der Waals surface area contributed by atoms with E-state index < -0.39 is 25.7 Å². The first kappa shape index (κ1) is 22.0. The first-order valence-corrected chi connectivity index (χ1v) is 12.7. The van der Waals surface area contributed by atoms with E-state index in [-0.39, 0.29) is 20.8 Å². The number of hydrogen-bond acceptors (Lipinski definition) is 5. The Morgan fingerprint density at radius 3 is 1.31 bits per heavy atom. The van der Waals surface area contributed by atoms with Crippen molar-refractivity contribution in [1.82, 2.24) is 7.94 Å². The van der Waals surface area contributed by atoms with E-state index in [0.717, 1.165) is 11.1 Å². The number of hydrogen-bond donors (Lipinski definition) is 0.